The van der Waals surface area contributed by atoms with Gasteiger partial charge in [-0.2, -0.15) is 5.10 Å². The van der Waals surface area contributed by atoms with Crippen LogP contribution in [0.5, 0.6) is 5.75 Å². The van der Waals surface area contributed by atoms with E-state index in [0.717, 1.165) is 17.1 Å². The van der Waals surface area contributed by atoms with E-state index < -0.39 is 0 Å². The highest BCUT2D eigenvalue weighted by atomic mass is 16.5. The van der Waals surface area contributed by atoms with E-state index in [9.17, 15) is 4.79 Å². The van der Waals surface area contributed by atoms with Gasteiger partial charge in [-0.1, -0.05) is 0 Å². The zero-order chi connectivity index (χ0) is 13.7. The Morgan fingerprint density at radius 1 is 1.37 bits per heavy atom. The van der Waals surface area contributed by atoms with Crippen molar-refractivity contribution >= 4 is 17.3 Å². The van der Waals surface area contributed by atoms with Gasteiger partial charge >= 0.3 is 0 Å². The normalized spacial score (nSPS) is 14.9. The molecule has 1 saturated carbocycles. The average molecular weight is 261 g/mol. The number of ether oxygens (including phenoxy) is 1. The van der Waals surface area contributed by atoms with Gasteiger partial charge in [0.05, 0.1) is 13.7 Å². The molecule has 5 heteroatoms. The zero-order valence-electron chi connectivity index (χ0n) is 11.3. The summed E-state index contributed by atoms with van der Waals surface area (Å²) in [6.07, 6.45) is 2.38. The Morgan fingerprint density at radius 3 is 2.63 bits per heavy atom. The molecule has 0 unspecified atom stereocenters. The molecule has 0 atom stereocenters. The molecule has 0 radical (unpaired) electrons. The van der Waals surface area contributed by atoms with E-state index in [4.69, 9.17) is 4.74 Å². The maximum absolute atomic E-state index is 11.6. The van der Waals surface area contributed by atoms with Crippen molar-refractivity contribution < 1.29 is 9.53 Å². The lowest BCUT2D eigenvalue weighted by molar-refractivity contribution is -0.119. The standard InChI is InChI=1S/C14H19N3O2/c1-10(11-3-4-11)16-17-14(18)9-15-12-5-7-13(19-2)8-6-12/h5-8,11,15H,3-4,9H2,1-2H3,(H,17,18). The Morgan fingerprint density at radius 2 is 2.05 bits per heavy atom. The number of benzene rings is 1. The van der Waals surface area contributed by atoms with Gasteiger partial charge in [0.1, 0.15) is 5.75 Å². The molecule has 1 aromatic rings. The number of methoxy groups -OCH3 is 1. The van der Waals surface area contributed by atoms with Gasteiger partial charge in [-0.3, -0.25) is 4.79 Å². The minimum absolute atomic E-state index is 0.143. The van der Waals surface area contributed by atoms with Crippen LogP contribution in [0.4, 0.5) is 5.69 Å². The van der Waals surface area contributed by atoms with E-state index in [-0.39, 0.29) is 12.5 Å². The minimum Gasteiger partial charge on any atom is -0.497 e. The van der Waals surface area contributed by atoms with Crippen LogP contribution < -0.4 is 15.5 Å². The van der Waals surface area contributed by atoms with Crippen molar-refractivity contribution in [3.63, 3.8) is 0 Å². The number of nitrogens with one attached hydrogen (secondary N) is 2. The molecule has 1 aliphatic rings. The van der Waals surface area contributed by atoms with Gasteiger partial charge in [0.25, 0.3) is 5.91 Å². The molecule has 0 spiro atoms. The predicted molar refractivity (Wildman–Crippen MR) is 75.5 cm³/mol. The molecule has 102 valence electrons. The molecule has 0 aromatic heterocycles. The van der Waals surface area contributed by atoms with E-state index >= 15 is 0 Å². The smallest absolute Gasteiger partial charge is 0.259 e. The number of hydrazone groups is 1. The second-order valence-electron chi connectivity index (χ2n) is 4.64. The summed E-state index contributed by atoms with van der Waals surface area (Å²) in [6.45, 7) is 2.16. The van der Waals surface area contributed by atoms with E-state index in [2.05, 4.69) is 15.8 Å². The molecule has 1 aromatic carbocycles. The maximum atomic E-state index is 11.6. The topological polar surface area (TPSA) is 62.7 Å². The Bertz CT molecular complexity index is 464. The van der Waals surface area contributed by atoms with Crippen LogP contribution in [-0.4, -0.2) is 25.3 Å². The average Bonchev–Trinajstić information content (AvgIpc) is 3.27. The van der Waals surface area contributed by atoms with Gasteiger partial charge in [0.2, 0.25) is 0 Å². The van der Waals surface area contributed by atoms with Crippen molar-refractivity contribution in [2.45, 2.75) is 19.8 Å². The van der Waals surface area contributed by atoms with Gasteiger partial charge in [-0.25, -0.2) is 5.43 Å². The van der Waals surface area contributed by atoms with E-state index in [1.165, 1.54) is 12.8 Å². The van der Waals surface area contributed by atoms with Crippen LogP contribution >= 0.6 is 0 Å². The largest absolute Gasteiger partial charge is 0.497 e. The number of anilines is 1. The van der Waals surface area contributed by atoms with Crippen molar-refractivity contribution in [3.8, 4) is 5.75 Å². The predicted octanol–water partition coefficient (Wildman–Crippen LogP) is 2.01. The van der Waals surface area contributed by atoms with Crippen LogP contribution in [0.2, 0.25) is 0 Å². The lowest BCUT2D eigenvalue weighted by Gasteiger charge is -2.06. The minimum atomic E-state index is -0.143. The Labute approximate surface area is 113 Å². The van der Waals surface area contributed by atoms with Crippen molar-refractivity contribution in [1.29, 1.82) is 0 Å². The monoisotopic (exact) mass is 261 g/mol. The molecule has 5 nitrogen and oxygen atoms in total. The van der Waals surface area contributed by atoms with Crippen LogP contribution in [0, 0.1) is 5.92 Å². The number of carbonyl (C=O) groups excluding carboxylic acids is 1. The van der Waals surface area contributed by atoms with Crippen molar-refractivity contribution in [2.75, 3.05) is 19.0 Å². The van der Waals surface area contributed by atoms with Gasteiger partial charge in [-0.05, 0) is 49.9 Å². The third kappa shape index (κ3) is 4.28. The molecule has 2 rings (SSSR count). The summed E-state index contributed by atoms with van der Waals surface area (Å²) in [5.41, 5.74) is 4.44. The van der Waals surface area contributed by atoms with Gasteiger partial charge in [-0.15, -0.1) is 0 Å². The Hall–Kier alpha value is -2.04. The molecule has 1 aliphatic carbocycles. The second kappa shape index (κ2) is 6.22. The van der Waals surface area contributed by atoms with E-state index in [1.807, 2.05) is 31.2 Å². The molecule has 19 heavy (non-hydrogen) atoms. The third-order valence-electron chi connectivity index (χ3n) is 3.07. The van der Waals surface area contributed by atoms with E-state index in [1.54, 1.807) is 7.11 Å². The summed E-state index contributed by atoms with van der Waals surface area (Å²) in [7, 11) is 1.62. The van der Waals surface area contributed by atoms with Crippen LogP contribution in [0.15, 0.2) is 29.4 Å². The molecule has 0 saturated heterocycles. The Kier molecular flexibility index (Phi) is 4.39. The van der Waals surface area contributed by atoms with Gasteiger partial charge < -0.3 is 10.1 Å². The summed E-state index contributed by atoms with van der Waals surface area (Å²) in [5.74, 6) is 1.23. The summed E-state index contributed by atoms with van der Waals surface area (Å²) in [5, 5.41) is 7.11. The first-order valence-electron chi connectivity index (χ1n) is 6.40. The lowest BCUT2D eigenvalue weighted by atomic mass is 10.3. The lowest BCUT2D eigenvalue weighted by Crippen LogP contribution is -2.26. The highest BCUT2D eigenvalue weighted by molar-refractivity contribution is 5.88. The molecule has 2 N–H and O–H groups in total. The molecule has 1 fully saturated rings. The van der Waals surface area contributed by atoms with Crippen molar-refractivity contribution in [2.24, 2.45) is 11.0 Å². The maximum Gasteiger partial charge on any atom is 0.259 e. The number of hydrogen-bond acceptors (Lipinski definition) is 4. The fraction of sp³-hybridized carbons (Fsp3) is 0.429. The van der Waals surface area contributed by atoms with Crippen LogP contribution in [-0.2, 0) is 4.79 Å². The third-order valence-corrected chi connectivity index (χ3v) is 3.07. The molecular formula is C14H19N3O2. The summed E-state index contributed by atoms with van der Waals surface area (Å²) in [4.78, 5) is 11.6. The molecule has 0 aliphatic heterocycles. The molecule has 1 amide bonds. The summed E-state index contributed by atoms with van der Waals surface area (Å²) in [6, 6.07) is 7.42. The fourth-order valence-electron chi connectivity index (χ4n) is 1.67. The first-order chi connectivity index (χ1) is 9.19. The number of nitrogens with zero attached hydrogens (tertiary/aromatic N) is 1. The van der Waals surface area contributed by atoms with E-state index in [0.29, 0.717) is 5.92 Å². The number of hydrogen-bond donors (Lipinski definition) is 2. The van der Waals surface area contributed by atoms with Gasteiger partial charge in [0.15, 0.2) is 0 Å². The Balaban J connectivity index is 1.74. The van der Waals surface area contributed by atoms with Crippen LogP contribution in [0.25, 0.3) is 0 Å². The molecule has 0 heterocycles. The highest BCUT2D eigenvalue weighted by Gasteiger charge is 2.24. The molecule has 0 bridgehead atoms. The van der Waals surface area contributed by atoms with Crippen LogP contribution in [0.1, 0.15) is 19.8 Å². The number of carbonyl (C=O) groups is 1. The molecular weight excluding hydrogens is 242 g/mol. The van der Waals surface area contributed by atoms with Crippen LogP contribution in [0.3, 0.4) is 0 Å². The van der Waals surface area contributed by atoms with Gasteiger partial charge in [0, 0.05) is 11.4 Å². The zero-order valence-corrected chi connectivity index (χ0v) is 11.3. The fourth-order valence-corrected chi connectivity index (χ4v) is 1.67. The highest BCUT2D eigenvalue weighted by Crippen LogP contribution is 2.30. The first kappa shape index (κ1) is 13.4. The number of amides is 1. The summed E-state index contributed by atoms with van der Waals surface area (Å²) < 4.78 is 5.06. The first-order valence-corrected chi connectivity index (χ1v) is 6.40. The number of rotatable bonds is 6. The van der Waals surface area contributed by atoms with Crippen molar-refractivity contribution in [3.05, 3.63) is 24.3 Å². The quantitative estimate of drug-likeness (QED) is 0.608. The second-order valence-corrected chi connectivity index (χ2v) is 4.64. The summed E-state index contributed by atoms with van der Waals surface area (Å²) >= 11 is 0. The SMILES string of the molecule is COc1ccc(NCC(=O)NN=C(C)C2CC2)cc1. The van der Waals surface area contributed by atoms with Crippen molar-refractivity contribution in [1.82, 2.24) is 5.43 Å².